The summed E-state index contributed by atoms with van der Waals surface area (Å²) in [5.41, 5.74) is 12.6. The molecule has 0 spiro atoms. The zero-order valence-corrected chi connectivity index (χ0v) is 9.07. The molecule has 82 valence electrons. The topological polar surface area (TPSA) is 87.3 Å². The van der Waals surface area contributed by atoms with Crippen LogP contribution in [0.5, 0.6) is 5.75 Å². The number of oxazole rings is 1. The van der Waals surface area contributed by atoms with Gasteiger partial charge in [0.25, 0.3) is 6.01 Å². The molecule has 0 radical (unpaired) electrons. The molecule has 0 fully saturated rings. The number of nitrogens with two attached hydrogens (primary N) is 2. The van der Waals surface area contributed by atoms with Crippen LogP contribution in [-0.2, 0) is 0 Å². The smallest absolute Gasteiger partial charge is 0.293 e. The Labute approximate surface area is 88.0 Å². The molecule has 1 heterocycles. The lowest BCUT2D eigenvalue weighted by Crippen LogP contribution is -1.88. The Hall–Kier alpha value is -1.91. The molecule has 5 nitrogen and oxygen atoms in total. The summed E-state index contributed by atoms with van der Waals surface area (Å²) in [7, 11) is 1.55. The summed E-state index contributed by atoms with van der Waals surface area (Å²) in [6.45, 7) is 4.00. The highest BCUT2D eigenvalue weighted by molar-refractivity contribution is 5.90. The second-order valence-electron chi connectivity index (χ2n) is 2.59. The van der Waals surface area contributed by atoms with Crippen molar-refractivity contribution in [3.63, 3.8) is 0 Å². The zero-order valence-electron chi connectivity index (χ0n) is 9.07. The van der Waals surface area contributed by atoms with Crippen LogP contribution in [0.4, 0.5) is 11.7 Å². The van der Waals surface area contributed by atoms with Crippen molar-refractivity contribution in [1.29, 1.82) is 0 Å². The lowest BCUT2D eigenvalue weighted by molar-refractivity contribution is 0.419. The first-order chi connectivity index (χ1) is 7.22. The largest absolute Gasteiger partial charge is 0.494 e. The fraction of sp³-hybridized carbons (Fsp3) is 0.300. The number of rotatable bonds is 1. The fourth-order valence-corrected chi connectivity index (χ4v) is 1.18. The highest BCUT2D eigenvalue weighted by atomic mass is 16.5. The third-order valence-electron chi connectivity index (χ3n) is 1.77. The highest BCUT2D eigenvalue weighted by Crippen LogP contribution is 2.30. The number of methoxy groups -OCH3 is 1. The normalized spacial score (nSPS) is 9.53. The van der Waals surface area contributed by atoms with Crippen molar-refractivity contribution in [3.05, 3.63) is 12.1 Å². The Morgan fingerprint density at radius 3 is 2.53 bits per heavy atom. The van der Waals surface area contributed by atoms with Gasteiger partial charge in [-0.05, 0) is 12.1 Å². The third kappa shape index (κ3) is 1.96. The molecule has 4 N–H and O–H groups in total. The summed E-state index contributed by atoms with van der Waals surface area (Å²) in [6, 6.07) is 3.50. The molecule has 2 rings (SSSR count). The summed E-state index contributed by atoms with van der Waals surface area (Å²) in [5, 5.41) is 0. The average Bonchev–Trinajstić information content (AvgIpc) is 2.64. The molecule has 0 saturated heterocycles. The minimum Gasteiger partial charge on any atom is -0.494 e. The first kappa shape index (κ1) is 11.2. The summed E-state index contributed by atoms with van der Waals surface area (Å²) in [5.74, 6) is 0.602. The number of ether oxygens (including phenoxy) is 1. The Morgan fingerprint density at radius 1 is 1.27 bits per heavy atom. The summed E-state index contributed by atoms with van der Waals surface area (Å²) in [6.07, 6.45) is 0. The van der Waals surface area contributed by atoms with E-state index in [2.05, 4.69) is 4.98 Å². The highest BCUT2D eigenvalue weighted by Gasteiger charge is 2.10. The van der Waals surface area contributed by atoms with E-state index in [1.807, 2.05) is 13.8 Å². The van der Waals surface area contributed by atoms with Gasteiger partial charge in [0, 0.05) is 0 Å². The van der Waals surface area contributed by atoms with E-state index in [-0.39, 0.29) is 6.01 Å². The maximum Gasteiger partial charge on any atom is 0.293 e. The molecular formula is C10H15N3O2. The monoisotopic (exact) mass is 209 g/mol. The number of hydrogen-bond donors (Lipinski definition) is 2. The SMILES string of the molecule is CC.COc1ccc(N)c2oc(N)nc12. The molecule has 0 saturated carbocycles. The Bertz CT molecular complexity index is 451. The van der Waals surface area contributed by atoms with Gasteiger partial charge in [0.2, 0.25) is 0 Å². The van der Waals surface area contributed by atoms with Gasteiger partial charge in [-0.3, -0.25) is 0 Å². The van der Waals surface area contributed by atoms with Crippen LogP contribution >= 0.6 is 0 Å². The van der Waals surface area contributed by atoms with E-state index in [1.54, 1.807) is 19.2 Å². The molecule has 15 heavy (non-hydrogen) atoms. The van der Waals surface area contributed by atoms with E-state index in [4.69, 9.17) is 20.6 Å². The standard InChI is InChI=1S/C8H9N3O2.C2H6/c1-12-5-3-2-4(9)7-6(5)11-8(10)13-7;1-2/h2-3H,9H2,1H3,(H2,10,11);1-2H3. The number of aromatic nitrogens is 1. The molecular weight excluding hydrogens is 194 g/mol. The molecule has 1 aromatic carbocycles. The van der Waals surface area contributed by atoms with E-state index in [1.165, 1.54) is 0 Å². The molecule has 1 aromatic heterocycles. The number of hydrogen-bond acceptors (Lipinski definition) is 5. The number of benzene rings is 1. The molecule has 0 aliphatic heterocycles. The first-order valence-corrected chi connectivity index (χ1v) is 4.71. The zero-order chi connectivity index (χ0) is 11.4. The Kier molecular flexibility index (Phi) is 3.38. The van der Waals surface area contributed by atoms with Gasteiger partial charge < -0.3 is 20.6 Å². The fourth-order valence-electron chi connectivity index (χ4n) is 1.18. The maximum absolute atomic E-state index is 5.65. The van der Waals surface area contributed by atoms with E-state index >= 15 is 0 Å². The van der Waals surface area contributed by atoms with Crippen molar-refractivity contribution < 1.29 is 9.15 Å². The molecule has 0 amide bonds. The quantitative estimate of drug-likeness (QED) is 0.701. The van der Waals surface area contributed by atoms with Crippen LogP contribution in [0.1, 0.15) is 13.8 Å². The predicted molar refractivity (Wildman–Crippen MR) is 60.7 cm³/mol. The average molecular weight is 209 g/mol. The van der Waals surface area contributed by atoms with Gasteiger partial charge >= 0.3 is 0 Å². The van der Waals surface area contributed by atoms with Crippen LogP contribution in [0, 0.1) is 0 Å². The Morgan fingerprint density at radius 2 is 1.93 bits per heavy atom. The molecule has 0 aliphatic carbocycles. The molecule has 0 atom stereocenters. The van der Waals surface area contributed by atoms with Gasteiger partial charge in [-0.25, -0.2) is 0 Å². The minimum atomic E-state index is 0.0891. The number of nitrogen functional groups attached to an aromatic ring is 2. The van der Waals surface area contributed by atoms with E-state index in [9.17, 15) is 0 Å². The van der Waals surface area contributed by atoms with Crippen LogP contribution < -0.4 is 16.2 Å². The predicted octanol–water partition coefficient (Wildman–Crippen LogP) is 2.03. The second-order valence-corrected chi connectivity index (χ2v) is 2.59. The van der Waals surface area contributed by atoms with E-state index < -0.39 is 0 Å². The van der Waals surface area contributed by atoms with Gasteiger partial charge in [0.1, 0.15) is 5.75 Å². The van der Waals surface area contributed by atoms with Crippen LogP contribution in [0.25, 0.3) is 11.1 Å². The maximum atomic E-state index is 5.65. The van der Waals surface area contributed by atoms with Crippen molar-refractivity contribution in [2.24, 2.45) is 0 Å². The minimum absolute atomic E-state index is 0.0891. The number of nitrogens with zero attached hydrogens (tertiary/aromatic N) is 1. The summed E-state index contributed by atoms with van der Waals surface area (Å²) in [4.78, 5) is 3.95. The lowest BCUT2D eigenvalue weighted by Gasteiger charge is -1.99. The van der Waals surface area contributed by atoms with Crippen LogP contribution in [0.2, 0.25) is 0 Å². The molecule has 0 bridgehead atoms. The van der Waals surface area contributed by atoms with Gasteiger partial charge in [-0.2, -0.15) is 4.98 Å². The van der Waals surface area contributed by atoms with Crippen LogP contribution in [-0.4, -0.2) is 12.1 Å². The van der Waals surface area contributed by atoms with Crippen molar-refractivity contribution in [2.45, 2.75) is 13.8 Å². The number of anilines is 2. The van der Waals surface area contributed by atoms with Crippen LogP contribution in [0.15, 0.2) is 16.5 Å². The molecule has 5 heteroatoms. The third-order valence-corrected chi connectivity index (χ3v) is 1.77. The summed E-state index contributed by atoms with van der Waals surface area (Å²) >= 11 is 0. The van der Waals surface area contributed by atoms with E-state index in [0.29, 0.717) is 22.5 Å². The van der Waals surface area contributed by atoms with Gasteiger partial charge in [-0.1, -0.05) is 13.8 Å². The lowest BCUT2D eigenvalue weighted by atomic mass is 10.2. The van der Waals surface area contributed by atoms with Crippen LogP contribution in [0.3, 0.4) is 0 Å². The number of fused-ring (bicyclic) bond motifs is 1. The van der Waals surface area contributed by atoms with Gasteiger partial charge in [0.05, 0.1) is 12.8 Å². The van der Waals surface area contributed by atoms with Gasteiger partial charge in [0.15, 0.2) is 11.1 Å². The molecule has 2 aromatic rings. The van der Waals surface area contributed by atoms with E-state index in [0.717, 1.165) is 0 Å². The summed E-state index contributed by atoms with van der Waals surface area (Å²) < 4.78 is 10.2. The van der Waals surface area contributed by atoms with Crippen molar-refractivity contribution >= 4 is 22.8 Å². The second kappa shape index (κ2) is 4.54. The first-order valence-electron chi connectivity index (χ1n) is 4.71. The van der Waals surface area contributed by atoms with Crippen molar-refractivity contribution in [3.8, 4) is 5.75 Å². The van der Waals surface area contributed by atoms with Crippen molar-refractivity contribution in [2.75, 3.05) is 18.6 Å². The van der Waals surface area contributed by atoms with Gasteiger partial charge in [-0.15, -0.1) is 0 Å². The molecule has 0 unspecified atom stereocenters. The molecule has 0 aliphatic rings. The van der Waals surface area contributed by atoms with Crippen molar-refractivity contribution in [1.82, 2.24) is 4.98 Å². The Balaban J connectivity index is 0.000000531.